The molecule has 2 aliphatic carbocycles. The van der Waals surface area contributed by atoms with Crippen LogP contribution in [0, 0.1) is 0 Å². The van der Waals surface area contributed by atoms with Crippen molar-refractivity contribution in [2.45, 2.75) is 55.6 Å². The third kappa shape index (κ3) is 7.10. The van der Waals surface area contributed by atoms with E-state index in [1.54, 1.807) is 0 Å². The number of aliphatic hydroxyl groups is 2. The van der Waals surface area contributed by atoms with Gasteiger partial charge in [-0.1, -0.05) is 12.1 Å². The molecule has 0 aliphatic heterocycles. The number of ether oxygens (including phenoxy) is 2. The summed E-state index contributed by atoms with van der Waals surface area (Å²) in [6.07, 6.45) is 0.698. The van der Waals surface area contributed by atoms with Crippen LogP contribution in [0.5, 0.6) is 23.0 Å². The normalized spacial score (nSPS) is 24.6. The quantitative estimate of drug-likeness (QED) is 0.140. The molecule has 0 radical (unpaired) electrons. The number of carbonyl (C=O) groups is 3. The van der Waals surface area contributed by atoms with Gasteiger partial charge in [-0.15, -0.1) is 0 Å². The van der Waals surface area contributed by atoms with Crippen molar-refractivity contribution in [3.8, 4) is 23.0 Å². The molecule has 1 unspecified atom stereocenters. The van der Waals surface area contributed by atoms with Gasteiger partial charge in [-0.2, -0.15) is 0 Å². The van der Waals surface area contributed by atoms with Crippen LogP contribution in [0.1, 0.15) is 36.8 Å². The number of aliphatic hydroxyl groups excluding tert-OH is 1. The van der Waals surface area contributed by atoms with Gasteiger partial charge in [0, 0.05) is 31.0 Å². The van der Waals surface area contributed by atoms with Crippen molar-refractivity contribution in [2.75, 3.05) is 0 Å². The van der Waals surface area contributed by atoms with E-state index in [0.717, 1.165) is 25.0 Å². The molecule has 40 heavy (non-hydrogen) atoms. The van der Waals surface area contributed by atoms with Gasteiger partial charge in [-0.05, 0) is 60.4 Å². The molecule has 2 aliphatic rings. The molecule has 12 nitrogen and oxygen atoms in total. The van der Waals surface area contributed by atoms with E-state index in [4.69, 9.17) is 9.47 Å². The fourth-order valence-electron chi connectivity index (χ4n) is 4.22. The molecule has 1 amide bonds. The van der Waals surface area contributed by atoms with E-state index in [1.807, 2.05) is 0 Å². The van der Waals surface area contributed by atoms with Crippen molar-refractivity contribution in [2.24, 2.45) is 0 Å². The first-order chi connectivity index (χ1) is 18.9. The van der Waals surface area contributed by atoms with Crippen LogP contribution >= 0.6 is 0 Å². The highest BCUT2D eigenvalue weighted by molar-refractivity contribution is 5.89. The zero-order chi connectivity index (χ0) is 29.0. The standard InChI is InChI=1S/C28H29NO11/c30-18-7-1-15(11-20(18)32)3-9-24(35)39-23-14-28(38,27(37)29-17-5-6-17)13-22(34)26(23)40-25(36)10-4-16-2-8-19(31)21(33)12-16/h1-4,7-12,17,22-23,26,30-34,38H,5-6,13-14H2,(H,29,37)/t22-,23-,26?,28-/m1/s1. The van der Waals surface area contributed by atoms with Gasteiger partial charge in [0.15, 0.2) is 29.1 Å². The highest BCUT2D eigenvalue weighted by Gasteiger charge is 2.52. The van der Waals surface area contributed by atoms with Crippen molar-refractivity contribution in [3.05, 3.63) is 59.7 Å². The van der Waals surface area contributed by atoms with E-state index in [0.29, 0.717) is 11.1 Å². The molecule has 0 bridgehead atoms. The van der Waals surface area contributed by atoms with Gasteiger partial charge in [0.25, 0.3) is 5.91 Å². The summed E-state index contributed by atoms with van der Waals surface area (Å²) in [6, 6.07) is 7.62. The van der Waals surface area contributed by atoms with Crippen molar-refractivity contribution in [3.63, 3.8) is 0 Å². The van der Waals surface area contributed by atoms with Gasteiger partial charge in [0.1, 0.15) is 11.7 Å². The molecule has 2 saturated carbocycles. The number of rotatable bonds is 8. The third-order valence-electron chi connectivity index (χ3n) is 6.51. The Morgan fingerprint density at radius 3 is 1.82 bits per heavy atom. The average Bonchev–Trinajstić information content (AvgIpc) is 3.71. The molecular formula is C28H29NO11. The summed E-state index contributed by atoms with van der Waals surface area (Å²) in [4.78, 5) is 37.9. The summed E-state index contributed by atoms with van der Waals surface area (Å²) in [6.45, 7) is 0. The van der Waals surface area contributed by atoms with Gasteiger partial charge in [0.2, 0.25) is 0 Å². The Balaban J connectivity index is 1.50. The average molecular weight is 556 g/mol. The number of benzene rings is 2. The first-order valence-corrected chi connectivity index (χ1v) is 12.5. The van der Waals surface area contributed by atoms with Crippen molar-refractivity contribution in [1.82, 2.24) is 5.32 Å². The second-order valence-electron chi connectivity index (χ2n) is 9.79. The Morgan fingerprint density at radius 1 is 0.800 bits per heavy atom. The minimum atomic E-state index is -2.10. The van der Waals surface area contributed by atoms with Gasteiger partial charge in [-0.3, -0.25) is 4.79 Å². The number of carbonyl (C=O) groups excluding carboxylic acids is 3. The monoisotopic (exact) mass is 555 g/mol. The molecule has 2 fully saturated rings. The van der Waals surface area contributed by atoms with Crippen LogP contribution in [0.4, 0.5) is 0 Å². The van der Waals surface area contributed by atoms with E-state index in [9.17, 15) is 45.0 Å². The maximum Gasteiger partial charge on any atom is 0.331 e. The highest BCUT2D eigenvalue weighted by atomic mass is 16.6. The van der Waals surface area contributed by atoms with E-state index < -0.39 is 66.1 Å². The summed E-state index contributed by atoms with van der Waals surface area (Å²) < 4.78 is 10.8. The lowest BCUT2D eigenvalue weighted by molar-refractivity contribution is -0.198. The first-order valence-electron chi connectivity index (χ1n) is 12.5. The van der Waals surface area contributed by atoms with E-state index in [-0.39, 0.29) is 17.5 Å². The van der Waals surface area contributed by atoms with Crippen molar-refractivity contribution >= 4 is 30.0 Å². The molecule has 4 rings (SSSR count). The van der Waals surface area contributed by atoms with Gasteiger partial charge in [0.05, 0.1) is 6.10 Å². The number of aromatic hydroxyl groups is 4. The van der Waals surface area contributed by atoms with Gasteiger partial charge < -0.3 is 45.4 Å². The molecule has 2 aromatic carbocycles. The Kier molecular flexibility index (Phi) is 8.31. The largest absolute Gasteiger partial charge is 0.504 e. The molecule has 0 saturated heterocycles. The number of esters is 2. The Hall–Kier alpha value is -4.55. The van der Waals surface area contributed by atoms with E-state index in [2.05, 4.69) is 5.32 Å². The van der Waals surface area contributed by atoms with Crippen LogP contribution in [-0.2, 0) is 23.9 Å². The SMILES string of the molecule is O=C(C=Cc1ccc(O)c(O)c1)OC1[C@H](O)C[C@](O)(C(=O)NC2CC2)C[C@H]1OC(=O)C=Cc1ccc(O)c(O)c1. The topological polar surface area (TPSA) is 203 Å². The van der Waals surface area contributed by atoms with Crippen molar-refractivity contribution in [1.29, 1.82) is 0 Å². The zero-order valence-electron chi connectivity index (χ0n) is 21.1. The van der Waals surface area contributed by atoms with Crippen LogP contribution in [-0.4, -0.2) is 78.4 Å². The molecular weight excluding hydrogens is 526 g/mol. The lowest BCUT2D eigenvalue weighted by Crippen LogP contribution is -2.60. The Morgan fingerprint density at radius 2 is 1.32 bits per heavy atom. The fraction of sp³-hybridized carbons (Fsp3) is 0.321. The van der Waals surface area contributed by atoms with Gasteiger partial charge in [-0.25, -0.2) is 9.59 Å². The highest BCUT2D eigenvalue weighted by Crippen LogP contribution is 2.34. The van der Waals surface area contributed by atoms with Crippen LogP contribution < -0.4 is 5.32 Å². The Bertz CT molecular complexity index is 1350. The summed E-state index contributed by atoms with van der Waals surface area (Å²) in [5.41, 5.74) is -1.39. The lowest BCUT2D eigenvalue weighted by atomic mass is 9.78. The first kappa shape index (κ1) is 28.5. The minimum absolute atomic E-state index is 0.0839. The number of hydrogen-bond acceptors (Lipinski definition) is 11. The number of hydrogen-bond donors (Lipinski definition) is 7. The number of phenolic OH excluding ortho intramolecular Hbond substituents is 4. The van der Waals surface area contributed by atoms with E-state index >= 15 is 0 Å². The Labute approximate surface area is 228 Å². The third-order valence-corrected chi connectivity index (χ3v) is 6.51. The molecule has 0 aromatic heterocycles. The molecule has 4 atom stereocenters. The smallest absolute Gasteiger partial charge is 0.331 e. The molecule has 7 N–H and O–H groups in total. The number of nitrogens with one attached hydrogen (secondary N) is 1. The molecule has 0 spiro atoms. The second kappa shape index (κ2) is 11.7. The summed E-state index contributed by atoms with van der Waals surface area (Å²) in [5, 5.41) is 62.6. The van der Waals surface area contributed by atoms with Crippen LogP contribution in [0.3, 0.4) is 0 Å². The summed E-state index contributed by atoms with van der Waals surface area (Å²) in [5.74, 6) is -4.12. The zero-order valence-corrected chi connectivity index (χ0v) is 21.1. The maximum absolute atomic E-state index is 12.7. The number of phenols is 4. The summed E-state index contributed by atoms with van der Waals surface area (Å²) in [7, 11) is 0. The van der Waals surface area contributed by atoms with Crippen LogP contribution in [0.2, 0.25) is 0 Å². The van der Waals surface area contributed by atoms with Crippen LogP contribution in [0.15, 0.2) is 48.6 Å². The van der Waals surface area contributed by atoms with Crippen LogP contribution in [0.25, 0.3) is 12.2 Å². The summed E-state index contributed by atoms with van der Waals surface area (Å²) >= 11 is 0. The second-order valence-corrected chi connectivity index (χ2v) is 9.79. The molecule has 12 heteroatoms. The predicted molar refractivity (Wildman–Crippen MR) is 139 cm³/mol. The minimum Gasteiger partial charge on any atom is -0.504 e. The lowest BCUT2D eigenvalue weighted by Gasteiger charge is -2.41. The molecule has 0 heterocycles. The molecule has 2 aromatic rings. The number of amides is 1. The van der Waals surface area contributed by atoms with Crippen molar-refractivity contribution < 1.29 is 54.5 Å². The predicted octanol–water partition coefficient (Wildman–Crippen LogP) is 1.22. The maximum atomic E-state index is 12.7. The molecule has 212 valence electrons. The van der Waals surface area contributed by atoms with E-state index in [1.165, 1.54) is 48.6 Å². The fourth-order valence-corrected chi connectivity index (χ4v) is 4.22. The van der Waals surface area contributed by atoms with Gasteiger partial charge >= 0.3 is 11.9 Å².